The lowest BCUT2D eigenvalue weighted by Gasteiger charge is -2.26. The summed E-state index contributed by atoms with van der Waals surface area (Å²) in [5.41, 5.74) is 1.61. The molecule has 3 aromatic carbocycles. The van der Waals surface area contributed by atoms with Gasteiger partial charge in [-0.2, -0.15) is 0 Å². The maximum atomic E-state index is 13.2. The van der Waals surface area contributed by atoms with Crippen molar-refractivity contribution in [2.24, 2.45) is 0 Å². The van der Waals surface area contributed by atoms with E-state index in [0.717, 1.165) is 16.2 Å². The van der Waals surface area contributed by atoms with Gasteiger partial charge in [0.1, 0.15) is 30.3 Å². The van der Waals surface area contributed by atoms with Crippen LogP contribution in [-0.2, 0) is 9.59 Å². The summed E-state index contributed by atoms with van der Waals surface area (Å²) in [6.07, 6.45) is 1.40. The number of carbonyl (C=O) groups is 3. The van der Waals surface area contributed by atoms with Crippen LogP contribution in [0.2, 0.25) is 0 Å². The number of ether oxygens (including phenoxy) is 4. The number of para-hydroxylation sites is 1. The molecule has 39 heavy (non-hydrogen) atoms. The number of anilines is 1. The highest BCUT2D eigenvalue weighted by Crippen LogP contribution is 2.38. The molecule has 1 N–H and O–H groups in total. The Morgan fingerprint density at radius 1 is 0.923 bits per heavy atom. The van der Waals surface area contributed by atoms with E-state index in [0.29, 0.717) is 46.2 Å². The second-order valence-electron chi connectivity index (χ2n) is 8.38. The van der Waals surface area contributed by atoms with Gasteiger partial charge in [-0.05, 0) is 89.4 Å². The molecule has 0 aliphatic carbocycles. The molecule has 9 nitrogen and oxygen atoms in total. The molecule has 10 heteroatoms. The average Bonchev–Trinajstić information content (AvgIpc) is 2.91. The lowest BCUT2D eigenvalue weighted by Crippen LogP contribution is -2.54. The minimum absolute atomic E-state index is 0.208. The van der Waals surface area contributed by atoms with Crippen LogP contribution in [-0.4, -0.2) is 44.8 Å². The van der Waals surface area contributed by atoms with Crippen molar-refractivity contribution < 1.29 is 33.3 Å². The van der Waals surface area contributed by atoms with Crippen LogP contribution in [0.3, 0.4) is 0 Å². The number of barbiturate groups is 1. The molecule has 0 saturated carbocycles. The zero-order chi connectivity index (χ0) is 27.9. The van der Waals surface area contributed by atoms with E-state index in [1.54, 1.807) is 36.4 Å². The predicted octanol–water partition coefficient (Wildman–Crippen LogP) is 5.29. The van der Waals surface area contributed by atoms with Crippen LogP contribution in [0.25, 0.3) is 6.08 Å². The predicted molar refractivity (Wildman–Crippen MR) is 149 cm³/mol. The Balaban J connectivity index is 1.55. The summed E-state index contributed by atoms with van der Waals surface area (Å²) in [7, 11) is 1.51. The number of rotatable bonds is 10. The molecule has 1 aliphatic heterocycles. The number of carbonyl (C=O) groups excluding carboxylic acids is 3. The Labute approximate surface area is 234 Å². The normalized spacial score (nSPS) is 14.3. The number of halogens is 1. The molecule has 1 aliphatic rings. The zero-order valence-electron chi connectivity index (χ0n) is 21.7. The van der Waals surface area contributed by atoms with Crippen molar-refractivity contribution in [2.45, 2.75) is 13.8 Å². The minimum atomic E-state index is -0.833. The third-order valence-electron chi connectivity index (χ3n) is 5.76. The largest absolute Gasteiger partial charge is 0.497 e. The van der Waals surface area contributed by atoms with Crippen molar-refractivity contribution in [3.05, 3.63) is 81.8 Å². The summed E-state index contributed by atoms with van der Waals surface area (Å²) < 4.78 is 23.2. The van der Waals surface area contributed by atoms with Gasteiger partial charge in [-0.25, -0.2) is 9.69 Å². The SMILES string of the molecule is CCOc1cc(/C=C2\C(=O)NC(=O)N(c3ccc(OC)cc3)C2=O)cc(Br)c1OCCOc1ccccc1C. The number of imide groups is 2. The third-order valence-corrected chi connectivity index (χ3v) is 6.34. The molecule has 1 heterocycles. The molecule has 1 saturated heterocycles. The first-order chi connectivity index (χ1) is 18.8. The molecule has 1 fully saturated rings. The van der Waals surface area contributed by atoms with Gasteiger partial charge in [0.2, 0.25) is 0 Å². The summed E-state index contributed by atoms with van der Waals surface area (Å²) >= 11 is 3.51. The average molecular weight is 595 g/mol. The number of nitrogens with one attached hydrogen (secondary N) is 1. The second-order valence-corrected chi connectivity index (χ2v) is 9.24. The van der Waals surface area contributed by atoms with Gasteiger partial charge in [-0.15, -0.1) is 0 Å². The van der Waals surface area contributed by atoms with Gasteiger partial charge in [0.25, 0.3) is 11.8 Å². The van der Waals surface area contributed by atoms with Crippen molar-refractivity contribution in [1.82, 2.24) is 5.32 Å². The van der Waals surface area contributed by atoms with Crippen molar-refractivity contribution in [2.75, 3.05) is 31.8 Å². The van der Waals surface area contributed by atoms with Crippen molar-refractivity contribution in [1.29, 1.82) is 0 Å². The fraction of sp³-hybridized carbons (Fsp3) is 0.207. The molecule has 202 valence electrons. The maximum Gasteiger partial charge on any atom is 0.335 e. The van der Waals surface area contributed by atoms with E-state index in [1.165, 1.54) is 13.2 Å². The van der Waals surface area contributed by atoms with Gasteiger partial charge >= 0.3 is 6.03 Å². The number of nitrogens with zero attached hydrogens (tertiary/aromatic N) is 1. The highest BCUT2D eigenvalue weighted by atomic mass is 79.9. The van der Waals surface area contributed by atoms with E-state index >= 15 is 0 Å². The Kier molecular flexibility index (Phi) is 8.88. The minimum Gasteiger partial charge on any atom is -0.497 e. The Morgan fingerprint density at radius 2 is 1.64 bits per heavy atom. The monoisotopic (exact) mass is 594 g/mol. The Morgan fingerprint density at radius 3 is 2.33 bits per heavy atom. The molecule has 4 amide bonds. The number of hydrogen-bond donors (Lipinski definition) is 1. The fourth-order valence-corrected chi connectivity index (χ4v) is 4.45. The quantitative estimate of drug-likeness (QED) is 0.193. The summed E-state index contributed by atoms with van der Waals surface area (Å²) in [4.78, 5) is 39.3. The van der Waals surface area contributed by atoms with E-state index < -0.39 is 17.8 Å². The number of benzene rings is 3. The molecule has 0 spiro atoms. The molecule has 0 radical (unpaired) electrons. The van der Waals surface area contributed by atoms with Crippen LogP contribution in [0.15, 0.2) is 70.7 Å². The van der Waals surface area contributed by atoms with Crippen LogP contribution in [0.4, 0.5) is 10.5 Å². The maximum absolute atomic E-state index is 13.2. The van der Waals surface area contributed by atoms with Crippen molar-refractivity contribution in [3.8, 4) is 23.0 Å². The smallest absolute Gasteiger partial charge is 0.335 e. The van der Waals surface area contributed by atoms with Gasteiger partial charge in [-0.1, -0.05) is 18.2 Å². The van der Waals surface area contributed by atoms with Gasteiger partial charge < -0.3 is 18.9 Å². The summed E-state index contributed by atoms with van der Waals surface area (Å²) in [5, 5.41) is 2.22. The highest BCUT2D eigenvalue weighted by molar-refractivity contribution is 9.10. The van der Waals surface area contributed by atoms with E-state index in [-0.39, 0.29) is 12.2 Å². The van der Waals surface area contributed by atoms with Crippen molar-refractivity contribution >= 4 is 45.5 Å². The second kappa shape index (κ2) is 12.5. The van der Waals surface area contributed by atoms with E-state index in [4.69, 9.17) is 18.9 Å². The zero-order valence-corrected chi connectivity index (χ0v) is 23.2. The van der Waals surface area contributed by atoms with Gasteiger partial charge in [0.05, 0.1) is 23.9 Å². The van der Waals surface area contributed by atoms with Gasteiger partial charge in [0, 0.05) is 0 Å². The van der Waals surface area contributed by atoms with E-state index in [1.807, 2.05) is 38.1 Å². The van der Waals surface area contributed by atoms with E-state index in [2.05, 4.69) is 21.2 Å². The van der Waals surface area contributed by atoms with Crippen LogP contribution in [0.1, 0.15) is 18.1 Å². The summed E-state index contributed by atoms with van der Waals surface area (Å²) in [6, 6.07) is 16.6. The third kappa shape index (κ3) is 6.40. The molecule has 0 atom stereocenters. The van der Waals surface area contributed by atoms with Gasteiger partial charge in [0.15, 0.2) is 11.5 Å². The number of hydrogen-bond acceptors (Lipinski definition) is 7. The van der Waals surface area contributed by atoms with Crippen LogP contribution < -0.4 is 29.2 Å². The first-order valence-corrected chi connectivity index (χ1v) is 12.9. The fourth-order valence-electron chi connectivity index (χ4n) is 3.88. The van der Waals surface area contributed by atoms with Crippen molar-refractivity contribution in [3.63, 3.8) is 0 Å². The molecule has 4 rings (SSSR count). The molecule has 0 bridgehead atoms. The van der Waals surface area contributed by atoms with Crippen LogP contribution in [0.5, 0.6) is 23.0 Å². The molecule has 0 aromatic heterocycles. The highest BCUT2D eigenvalue weighted by Gasteiger charge is 2.37. The standard InChI is InChI=1S/C29H27BrN2O7/c1-4-37-25-17-19(16-23(30)26(25)39-14-13-38-24-8-6-5-7-18(24)2)15-22-27(33)31-29(35)32(28(22)34)20-9-11-21(36-3)12-10-20/h5-12,15-17H,4,13-14H2,1-3H3,(H,31,33,35)/b22-15+. The molecule has 3 aromatic rings. The Bertz CT molecular complexity index is 1420. The first-order valence-electron chi connectivity index (χ1n) is 12.2. The number of methoxy groups -OCH3 is 1. The first kappa shape index (κ1) is 27.7. The number of urea groups is 1. The topological polar surface area (TPSA) is 103 Å². The van der Waals surface area contributed by atoms with Gasteiger partial charge in [-0.3, -0.25) is 14.9 Å². The number of aryl methyl sites for hydroxylation is 1. The lowest BCUT2D eigenvalue weighted by atomic mass is 10.1. The Hall–Kier alpha value is -4.31. The van der Waals surface area contributed by atoms with Crippen LogP contribution >= 0.6 is 15.9 Å². The van der Waals surface area contributed by atoms with E-state index in [9.17, 15) is 14.4 Å². The molecule has 0 unspecified atom stereocenters. The van der Waals surface area contributed by atoms with Crippen LogP contribution in [0, 0.1) is 6.92 Å². The summed E-state index contributed by atoms with van der Waals surface area (Å²) in [5.74, 6) is 0.676. The molecular formula is C29H27BrN2O7. The molecular weight excluding hydrogens is 568 g/mol. The lowest BCUT2D eigenvalue weighted by molar-refractivity contribution is -0.122. The number of amides is 4. The summed E-state index contributed by atoms with van der Waals surface area (Å²) in [6.45, 7) is 4.74.